The second-order valence-corrected chi connectivity index (χ2v) is 7.70. The number of hydrogen-bond acceptors (Lipinski definition) is 3. The number of guanidine groups is 1. The summed E-state index contributed by atoms with van der Waals surface area (Å²) in [6.07, 6.45) is 2.01. The Morgan fingerprint density at radius 1 is 1.30 bits per heavy atom. The fraction of sp³-hybridized carbons (Fsp3) is 0.500. The molecule has 5 nitrogen and oxygen atoms in total. The van der Waals surface area contributed by atoms with Crippen molar-refractivity contribution >= 4 is 45.5 Å². The lowest BCUT2D eigenvalue weighted by molar-refractivity contribution is 0.441. The molecule has 0 aromatic heterocycles. The average Bonchev–Trinajstić information content (AvgIpc) is 2.45. The molecule has 1 aliphatic heterocycles. The topological polar surface area (TPSA) is 84.5 Å². The van der Waals surface area contributed by atoms with Gasteiger partial charge in [0.15, 0.2) is 5.96 Å². The van der Waals surface area contributed by atoms with Gasteiger partial charge in [-0.3, -0.25) is 4.99 Å². The quantitative estimate of drug-likeness (QED) is 0.412. The van der Waals surface area contributed by atoms with Crippen LogP contribution < -0.4 is 11.1 Å². The Morgan fingerprint density at radius 3 is 2.61 bits per heavy atom. The minimum atomic E-state index is -2.86. The molecule has 0 aliphatic carbocycles. The van der Waals surface area contributed by atoms with Gasteiger partial charge in [0.2, 0.25) is 0 Å². The third-order valence-corrected chi connectivity index (χ3v) is 5.40. The molecule has 9 heteroatoms. The van der Waals surface area contributed by atoms with Gasteiger partial charge in [0.1, 0.15) is 21.5 Å². The van der Waals surface area contributed by atoms with Crippen LogP contribution in [0.2, 0.25) is 0 Å². The average molecular weight is 459 g/mol. The molecular weight excluding hydrogens is 439 g/mol. The molecule has 3 N–H and O–H groups in total. The fourth-order valence-electron chi connectivity index (χ4n) is 2.37. The molecule has 1 fully saturated rings. The second-order valence-electron chi connectivity index (χ2n) is 5.40. The van der Waals surface area contributed by atoms with Gasteiger partial charge in [-0.05, 0) is 37.3 Å². The molecule has 1 saturated heterocycles. The molecule has 0 unspecified atom stereocenters. The van der Waals surface area contributed by atoms with Crippen LogP contribution >= 0.6 is 24.0 Å². The van der Waals surface area contributed by atoms with Crippen LogP contribution in [0.15, 0.2) is 23.2 Å². The Bertz CT molecular complexity index is 654. The first kappa shape index (κ1) is 20.1. The molecule has 1 aromatic carbocycles. The molecule has 0 amide bonds. The number of benzene rings is 1. The summed E-state index contributed by atoms with van der Waals surface area (Å²) in [5.74, 6) is -0.413. The maximum absolute atomic E-state index is 13.4. The molecule has 0 atom stereocenters. The number of aliphatic imine (C=N–C) groups is 1. The van der Waals surface area contributed by atoms with Crippen molar-refractivity contribution in [2.75, 3.05) is 23.4 Å². The Labute approximate surface area is 151 Å². The summed E-state index contributed by atoms with van der Waals surface area (Å²) in [4.78, 5) is 4.07. The molecule has 0 spiro atoms. The number of anilines is 1. The van der Waals surface area contributed by atoms with E-state index in [9.17, 15) is 17.2 Å². The maximum Gasteiger partial charge on any atom is 0.193 e. The molecular formula is C14H20F2IN3O2S. The smallest absolute Gasteiger partial charge is 0.193 e. The predicted octanol–water partition coefficient (Wildman–Crippen LogP) is 2.52. The van der Waals surface area contributed by atoms with E-state index in [-0.39, 0.29) is 47.1 Å². The van der Waals surface area contributed by atoms with Gasteiger partial charge in [-0.1, -0.05) is 0 Å². The van der Waals surface area contributed by atoms with Crippen molar-refractivity contribution in [1.82, 2.24) is 0 Å². The van der Waals surface area contributed by atoms with Crippen LogP contribution in [0.3, 0.4) is 0 Å². The number of hydrogen-bond donors (Lipinski definition) is 2. The first-order chi connectivity index (χ1) is 10.4. The van der Waals surface area contributed by atoms with Crippen molar-refractivity contribution in [1.29, 1.82) is 0 Å². The molecule has 130 valence electrons. The monoisotopic (exact) mass is 459 g/mol. The van der Waals surface area contributed by atoms with Crippen molar-refractivity contribution in [3.63, 3.8) is 0 Å². The summed E-state index contributed by atoms with van der Waals surface area (Å²) < 4.78 is 49.1. The number of halogens is 3. The van der Waals surface area contributed by atoms with Crippen LogP contribution in [0.4, 0.5) is 14.5 Å². The van der Waals surface area contributed by atoms with Crippen LogP contribution in [-0.2, 0) is 9.84 Å². The van der Waals surface area contributed by atoms with Crippen molar-refractivity contribution in [3.05, 3.63) is 29.8 Å². The lowest BCUT2D eigenvalue weighted by Crippen LogP contribution is -2.25. The fourth-order valence-corrected chi connectivity index (χ4v) is 3.95. The first-order valence-electron chi connectivity index (χ1n) is 7.08. The minimum absolute atomic E-state index is 0. The van der Waals surface area contributed by atoms with E-state index in [1.165, 1.54) is 0 Å². The Morgan fingerprint density at radius 2 is 1.96 bits per heavy atom. The van der Waals surface area contributed by atoms with Gasteiger partial charge in [0.05, 0.1) is 17.2 Å². The summed E-state index contributed by atoms with van der Waals surface area (Å²) >= 11 is 0. The zero-order valence-electron chi connectivity index (χ0n) is 12.5. The van der Waals surface area contributed by atoms with E-state index in [1.54, 1.807) is 0 Å². The summed E-state index contributed by atoms with van der Waals surface area (Å²) in [7, 11) is -2.86. The molecule has 0 radical (unpaired) electrons. The molecule has 1 aliphatic rings. The van der Waals surface area contributed by atoms with Crippen molar-refractivity contribution in [3.8, 4) is 0 Å². The highest BCUT2D eigenvalue weighted by Gasteiger charge is 2.22. The Kier molecular flexibility index (Phi) is 7.65. The van der Waals surface area contributed by atoms with E-state index >= 15 is 0 Å². The van der Waals surface area contributed by atoms with Crippen LogP contribution in [0.5, 0.6) is 0 Å². The molecule has 1 heterocycles. The molecule has 1 aromatic rings. The number of sulfone groups is 1. The summed E-state index contributed by atoms with van der Waals surface area (Å²) in [5, 5.41) is 2.52. The van der Waals surface area contributed by atoms with Crippen molar-refractivity contribution in [2.24, 2.45) is 16.6 Å². The highest BCUT2D eigenvalue weighted by atomic mass is 127. The zero-order valence-corrected chi connectivity index (χ0v) is 15.6. The first-order valence-corrected chi connectivity index (χ1v) is 8.90. The summed E-state index contributed by atoms with van der Waals surface area (Å²) in [5.41, 5.74) is 5.57. The van der Waals surface area contributed by atoms with Gasteiger partial charge in [0.25, 0.3) is 0 Å². The van der Waals surface area contributed by atoms with Crippen LogP contribution in [-0.4, -0.2) is 32.4 Å². The highest BCUT2D eigenvalue weighted by Crippen LogP contribution is 2.21. The minimum Gasteiger partial charge on any atom is -0.370 e. The summed E-state index contributed by atoms with van der Waals surface area (Å²) in [6, 6.07) is 3.03. The maximum atomic E-state index is 13.4. The molecule has 0 saturated carbocycles. The highest BCUT2D eigenvalue weighted by molar-refractivity contribution is 14.0. The Balaban J connectivity index is 0.00000264. The number of nitrogens with one attached hydrogen (secondary N) is 1. The molecule has 23 heavy (non-hydrogen) atoms. The summed E-state index contributed by atoms with van der Waals surface area (Å²) in [6.45, 7) is 0.417. The van der Waals surface area contributed by atoms with Crippen LogP contribution in [0.1, 0.15) is 19.3 Å². The van der Waals surface area contributed by atoms with E-state index < -0.39 is 21.5 Å². The van der Waals surface area contributed by atoms with E-state index in [0.29, 0.717) is 25.3 Å². The lowest BCUT2D eigenvalue weighted by atomic mass is 9.99. The third-order valence-electron chi connectivity index (χ3n) is 3.68. The number of nitrogens with zero attached hydrogens (tertiary/aromatic N) is 1. The number of nitrogens with two attached hydrogens (primary N) is 1. The van der Waals surface area contributed by atoms with Gasteiger partial charge >= 0.3 is 0 Å². The van der Waals surface area contributed by atoms with Gasteiger partial charge < -0.3 is 11.1 Å². The SMILES string of the molecule is I.NC(=NCCC1CCS(=O)(=O)CC1)Nc1cc(F)ccc1F. The van der Waals surface area contributed by atoms with Gasteiger partial charge in [-0.15, -0.1) is 24.0 Å². The van der Waals surface area contributed by atoms with E-state index in [0.717, 1.165) is 24.6 Å². The van der Waals surface area contributed by atoms with E-state index in [4.69, 9.17) is 5.73 Å². The van der Waals surface area contributed by atoms with Crippen LogP contribution in [0.25, 0.3) is 0 Å². The Hall–Kier alpha value is -0.970. The molecule has 0 bridgehead atoms. The van der Waals surface area contributed by atoms with Gasteiger partial charge in [-0.2, -0.15) is 0 Å². The van der Waals surface area contributed by atoms with Gasteiger partial charge in [-0.25, -0.2) is 17.2 Å². The van der Waals surface area contributed by atoms with Crippen LogP contribution in [0, 0.1) is 17.6 Å². The van der Waals surface area contributed by atoms with E-state index in [2.05, 4.69) is 10.3 Å². The predicted molar refractivity (Wildman–Crippen MR) is 97.9 cm³/mol. The van der Waals surface area contributed by atoms with Crippen molar-refractivity contribution in [2.45, 2.75) is 19.3 Å². The third kappa shape index (κ3) is 6.58. The largest absolute Gasteiger partial charge is 0.370 e. The lowest BCUT2D eigenvalue weighted by Gasteiger charge is -2.20. The standard InChI is InChI=1S/C14H19F2N3O2S.HI/c15-11-1-2-12(16)13(9-11)19-14(17)18-6-3-10-4-7-22(20,21)8-5-10;/h1-2,9-10H,3-8H2,(H3,17,18,19);1H. The van der Waals surface area contributed by atoms with Gasteiger partial charge in [0, 0.05) is 12.6 Å². The zero-order chi connectivity index (χ0) is 16.2. The number of rotatable bonds is 4. The second kappa shape index (κ2) is 8.76. The molecule has 2 rings (SSSR count). The van der Waals surface area contributed by atoms with E-state index in [1.807, 2.05) is 0 Å². The normalized spacial score (nSPS) is 18.3. The van der Waals surface area contributed by atoms with Crippen molar-refractivity contribution < 1.29 is 17.2 Å².